The van der Waals surface area contributed by atoms with Gasteiger partial charge < -0.3 is 4.42 Å². The molecule has 0 saturated carbocycles. The highest BCUT2D eigenvalue weighted by Crippen LogP contribution is 2.21. The molecule has 1 heteroatoms. The van der Waals surface area contributed by atoms with E-state index in [0.717, 1.165) is 24.4 Å². The van der Waals surface area contributed by atoms with Crippen LogP contribution in [-0.2, 0) is 6.42 Å². The molecule has 0 bridgehead atoms. The first-order valence-corrected chi connectivity index (χ1v) is 4.47. The summed E-state index contributed by atoms with van der Waals surface area (Å²) in [6.07, 6.45) is 3.82. The summed E-state index contributed by atoms with van der Waals surface area (Å²) in [5, 5.41) is 0. The lowest BCUT2D eigenvalue weighted by atomic mass is 10.1. The summed E-state index contributed by atoms with van der Waals surface area (Å²) in [5.74, 6) is 2.64. The Morgan fingerprint density at radius 1 is 1.58 bits per heavy atom. The Kier molecular flexibility index (Phi) is 3.15. The van der Waals surface area contributed by atoms with Crippen LogP contribution in [0.15, 0.2) is 29.2 Å². The van der Waals surface area contributed by atoms with E-state index >= 15 is 0 Å². The van der Waals surface area contributed by atoms with Gasteiger partial charge in [0.2, 0.25) is 0 Å². The van der Waals surface area contributed by atoms with Crippen LogP contribution >= 0.6 is 0 Å². The van der Waals surface area contributed by atoms with Crippen LogP contribution in [0.4, 0.5) is 0 Å². The molecule has 0 radical (unpaired) electrons. The molecule has 0 aromatic carbocycles. The molecule has 0 aliphatic heterocycles. The maximum Gasteiger partial charge on any atom is 0.107 e. The lowest BCUT2D eigenvalue weighted by Gasteiger charge is -2.02. The van der Waals surface area contributed by atoms with Crippen molar-refractivity contribution in [1.82, 2.24) is 0 Å². The van der Waals surface area contributed by atoms with Gasteiger partial charge in [0.15, 0.2) is 0 Å². The molecule has 1 rings (SSSR count). The van der Waals surface area contributed by atoms with Gasteiger partial charge >= 0.3 is 0 Å². The topological polar surface area (TPSA) is 13.1 Å². The largest absolute Gasteiger partial charge is 0.465 e. The monoisotopic (exact) mass is 164 g/mol. The van der Waals surface area contributed by atoms with E-state index in [4.69, 9.17) is 4.42 Å². The van der Waals surface area contributed by atoms with Gasteiger partial charge in [-0.1, -0.05) is 19.9 Å². The van der Waals surface area contributed by atoms with Gasteiger partial charge in [0.25, 0.3) is 0 Å². The molecular formula is C11H16O. The average Bonchev–Trinajstić information content (AvgIpc) is 2.52. The quantitative estimate of drug-likeness (QED) is 0.620. The fourth-order valence-corrected chi connectivity index (χ4v) is 1.11. The molecule has 1 aromatic rings. The van der Waals surface area contributed by atoms with E-state index in [1.807, 2.05) is 12.1 Å². The normalized spacial score (nSPS) is 12.8. The zero-order valence-electron chi connectivity index (χ0n) is 7.84. The lowest BCUT2D eigenvalue weighted by Crippen LogP contribution is -1.86. The first-order valence-electron chi connectivity index (χ1n) is 4.47. The van der Waals surface area contributed by atoms with Crippen molar-refractivity contribution in [3.05, 3.63) is 36.3 Å². The first-order chi connectivity index (χ1) is 5.77. The molecular weight excluding hydrogens is 148 g/mol. The minimum absolute atomic E-state index is 0.531. The van der Waals surface area contributed by atoms with E-state index in [2.05, 4.69) is 26.5 Å². The Labute approximate surface area is 74.1 Å². The van der Waals surface area contributed by atoms with Gasteiger partial charge in [0.1, 0.15) is 11.5 Å². The second-order valence-corrected chi connectivity index (χ2v) is 3.11. The van der Waals surface area contributed by atoms with E-state index < -0.39 is 0 Å². The lowest BCUT2D eigenvalue weighted by molar-refractivity contribution is 0.442. The first kappa shape index (κ1) is 9.11. The minimum Gasteiger partial charge on any atom is -0.465 e. The average molecular weight is 164 g/mol. The predicted octanol–water partition coefficient (Wildman–Crippen LogP) is 3.52. The van der Waals surface area contributed by atoms with Crippen LogP contribution in [0.2, 0.25) is 0 Å². The van der Waals surface area contributed by atoms with Crippen LogP contribution in [0.3, 0.4) is 0 Å². The number of furan rings is 1. The Bertz CT molecular complexity index is 247. The zero-order valence-corrected chi connectivity index (χ0v) is 7.84. The summed E-state index contributed by atoms with van der Waals surface area (Å²) in [6, 6.07) is 4.09. The molecule has 1 nitrogen and oxygen atoms in total. The van der Waals surface area contributed by atoms with Gasteiger partial charge in [-0.2, -0.15) is 0 Å². The molecule has 0 fully saturated rings. The molecule has 0 aliphatic carbocycles. The van der Waals surface area contributed by atoms with Crippen molar-refractivity contribution in [3.8, 4) is 0 Å². The molecule has 12 heavy (non-hydrogen) atoms. The van der Waals surface area contributed by atoms with Crippen LogP contribution in [-0.4, -0.2) is 0 Å². The van der Waals surface area contributed by atoms with Crippen molar-refractivity contribution in [2.45, 2.75) is 32.6 Å². The van der Waals surface area contributed by atoms with Crippen LogP contribution in [0, 0.1) is 0 Å². The third-order valence-corrected chi connectivity index (χ3v) is 2.13. The molecule has 1 aromatic heterocycles. The summed E-state index contributed by atoms with van der Waals surface area (Å²) in [7, 11) is 0. The van der Waals surface area contributed by atoms with E-state index in [-0.39, 0.29) is 0 Å². The van der Waals surface area contributed by atoms with Crippen molar-refractivity contribution in [3.63, 3.8) is 0 Å². The predicted molar refractivity (Wildman–Crippen MR) is 51.3 cm³/mol. The van der Waals surface area contributed by atoms with Gasteiger partial charge in [-0.05, 0) is 18.6 Å². The number of allylic oxidation sites excluding steroid dienone is 1. The highest BCUT2D eigenvalue weighted by atomic mass is 16.3. The van der Waals surface area contributed by atoms with Crippen molar-refractivity contribution < 1.29 is 4.42 Å². The van der Waals surface area contributed by atoms with E-state index in [9.17, 15) is 0 Å². The van der Waals surface area contributed by atoms with E-state index in [0.29, 0.717) is 5.92 Å². The summed E-state index contributed by atoms with van der Waals surface area (Å²) in [5.41, 5.74) is 0. The highest BCUT2D eigenvalue weighted by molar-refractivity contribution is 5.12. The third-order valence-electron chi connectivity index (χ3n) is 2.13. The van der Waals surface area contributed by atoms with Gasteiger partial charge in [-0.3, -0.25) is 0 Å². The van der Waals surface area contributed by atoms with Gasteiger partial charge in [0, 0.05) is 12.3 Å². The van der Waals surface area contributed by atoms with Crippen molar-refractivity contribution in [1.29, 1.82) is 0 Å². The maximum absolute atomic E-state index is 5.61. The summed E-state index contributed by atoms with van der Waals surface area (Å²) in [4.78, 5) is 0. The fraction of sp³-hybridized carbons (Fsp3) is 0.455. The molecule has 0 N–H and O–H groups in total. The summed E-state index contributed by atoms with van der Waals surface area (Å²) >= 11 is 0. The molecule has 1 unspecified atom stereocenters. The van der Waals surface area contributed by atoms with Crippen LogP contribution in [0.5, 0.6) is 0 Å². The standard InChI is InChI=1S/C11H16O/c1-4-6-10-7-8-11(12-10)9(3)5-2/h4,7-9H,1,5-6H2,2-3H3. The smallest absolute Gasteiger partial charge is 0.107 e. The van der Waals surface area contributed by atoms with Gasteiger partial charge in [0.05, 0.1) is 0 Å². The second-order valence-electron chi connectivity index (χ2n) is 3.11. The van der Waals surface area contributed by atoms with Crippen LogP contribution in [0.1, 0.15) is 37.7 Å². The molecule has 1 heterocycles. The summed E-state index contributed by atoms with van der Waals surface area (Å²) < 4.78 is 5.61. The maximum atomic E-state index is 5.61. The van der Waals surface area contributed by atoms with Crippen LogP contribution in [0.25, 0.3) is 0 Å². The van der Waals surface area contributed by atoms with E-state index in [1.54, 1.807) is 0 Å². The Morgan fingerprint density at radius 2 is 2.33 bits per heavy atom. The second kappa shape index (κ2) is 4.15. The number of hydrogen-bond donors (Lipinski definition) is 0. The Morgan fingerprint density at radius 3 is 2.92 bits per heavy atom. The van der Waals surface area contributed by atoms with Gasteiger partial charge in [-0.15, -0.1) is 6.58 Å². The molecule has 66 valence electrons. The third kappa shape index (κ3) is 2.00. The molecule has 0 spiro atoms. The van der Waals surface area contributed by atoms with Crippen molar-refractivity contribution >= 4 is 0 Å². The molecule has 0 saturated heterocycles. The Hall–Kier alpha value is -0.980. The summed E-state index contributed by atoms with van der Waals surface area (Å²) in [6.45, 7) is 8.01. The van der Waals surface area contributed by atoms with Crippen LogP contribution < -0.4 is 0 Å². The molecule has 1 atom stereocenters. The number of rotatable bonds is 4. The van der Waals surface area contributed by atoms with Crippen molar-refractivity contribution in [2.75, 3.05) is 0 Å². The van der Waals surface area contributed by atoms with Gasteiger partial charge in [-0.25, -0.2) is 0 Å². The fourth-order valence-electron chi connectivity index (χ4n) is 1.11. The zero-order chi connectivity index (χ0) is 8.97. The van der Waals surface area contributed by atoms with E-state index in [1.165, 1.54) is 0 Å². The number of hydrogen-bond acceptors (Lipinski definition) is 1. The minimum atomic E-state index is 0.531. The Balaban J connectivity index is 2.69. The molecule has 0 amide bonds. The highest BCUT2D eigenvalue weighted by Gasteiger charge is 2.06. The SMILES string of the molecule is C=CCc1ccc(C(C)CC)o1. The van der Waals surface area contributed by atoms with Crippen molar-refractivity contribution in [2.24, 2.45) is 0 Å². The molecule has 0 aliphatic rings.